The molecule has 1 aliphatic rings. The van der Waals surface area contributed by atoms with E-state index < -0.39 is 41.3 Å². The topological polar surface area (TPSA) is 121 Å². The maximum Gasteiger partial charge on any atom is 0.416 e. The fraction of sp³-hybridized carbons (Fsp3) is 0.524. The van der Waals surface area contributed by atoms with Gasteiger partial charge >= 0.3 is 12.3 Å². The first-order chi connectivity index (χ1) is 15.2. The maximum absolute atomic E-state index is 12.8. The second kappa shape index (κ2) is 9.00. The second-order valence-corrected chi connectivity index (χ2v) is 8.83. The Morgan fingerprint density at radius 2 is 1.94 bits per heavy atom. The molecule has 12 heteroatoms. The zero-order valence-corrected chi connectivity index (χ0v) is 18.6. The average Bonchev–Trinajstić information content (AvgIpc) is 2.68. The van der Waals surface area contributed by atoms with Crippen LogP contribution >= 0.6 is 0 Å². The van der Waals surface area contributed by atoms with Crippen LogP contribution in [-0.2, 0) is 10.9 Å². The van der Waals surface area contributed by atoms with Gasteiger partial charge in [-0.05, 0) is 52.3 Å². The molecule has 1 aromatic carbocycles. The molecule has 3 N–H and O–H groups in total. The van der Waals surface area contributed by atoms with Gasteiger partial charge in [0, 0.05) is 12.1 Å². The normalized spacial score (nSPS) is 19.3. The number of β-amino-alcohol motifs (C(OH)–C–C–N with tert-alkyl or cyclic N) is 1. The number of hydrogen-bond donors (Lipinski definition) is 3. The van der Waals surface area contributed by atoms with Crippen LogP contribution < -0.4 is 5.32 Å². The molecule has 1 fully saturated rings. The Kier molecular flexibility index (Phi) is 6.68. The van der Waals surface area contributed by atoms with E-state index >= 15 is 0 Å². The molecule has 1 amide bonds. The number of amides is 1. The molecule has 9 nitrogen and oxygen atoms in total. The van der Waals surface area contributed by atoms with Gasteiger partial charge in [0.1, 0.15) is 17.0 Å². The molecule has 0 radical (unpaired) electrons. The SMILES string of the molecule is Cc1nc(N[C@@H]2CCN(C(=O)OC(C)(C)C)C[C@H]2O)nnc1-c1ccc(C(F)(F)F)cc1O. The van der Waals surface area contributed by atoms with Gasteiger partial charge in [-0.15, -0.1) is 10.2 Å². The third-order valence-electron chi connectivity index (χ3n) is 4.99. The third-order valence-corrected chi connectivity index (χ3v) is 4.99. The van der Waals surface area contributed by atoms with Gasteiger partial charge < -0.3 is 25.2 Å². The van der Waals surface area contributed by atoms with Gasteiger partial charge in [0.2, 0.25) is 5.95 Å². The zero-order chi connectivity index (χ0) is 24.6. The Hall–Kier alpha value is -3.15. The number of likely N-dealkylation sites (tertiary alicyclic amines) is 1. The standard InChI is InChI=1S/C21H26F3N5O4/c1-11-17(13-6-5-12(9-15(13)30)21(22,23)24)27-28-18(25-11)26-14-7-8-29(10-16(14)31)19(32)33-20(2,3)4/h5-6,9,14,16,30-31H,7-8,10H2,1-4H3,(H,25,26,28)/t14-,16-/m1/s1. The third kappa shape index (κ3) is 6.01. The molecule has 2 atom stereocenters. The van der Waals surface area contributed by atoms with Crippen LogP contribution in [0, 0.1) is 6.92 Å². The molecule has 1 aliphatic heterocycles. The van der Waals surface area contributed by atoms with Crippen molar-refractivity contribution < 1.29 is 32.9 Å². The van der Waals surface area contributed by atoms with Crippen molar-refractivity contribution in [2.45, 2.75) is 58.0 Å². The van der Waals surface area contributed by atoms with E-state index in [0.29, 0.717) is 24.7 Å². The zero-order valence-electron chi connectivity index (χ0n) is 18.6. The fourth-order valence-electron chi connectivity index (χ4n) is 3.38. The highest BCUT2D eigenvalue weighted by atomic mass is 19.4. The van der Waals surface area contributed by atoms with Crippen LogP contribution in [0.4, 0.5) is 23.9 Å². The largest absolute Gasteiger partial charge is 0.507 e. The van der Waals surface area contributed by atoms with Crippen molar-refractivity contribution in [2.24, 2.45) is 0 Å². The Bertz CT molecular complexity index is 1030. The molecule has 0 saturated carbocycles. The summed E-state index contributed by atoms with van der Waals surface area (Å²) in [6, 6.07) is 2.13. The average molecular weight is 469 g/mol. The van der Waals surface area contributed by atoms with E-state index in [1.54, 1.807) is 27.7 Å². The van der Waals surface area contributed by atoms with Crippen LogP contribution in [-0.4, -0.2) is 67.2 Å². The second-order valence-electron chi connectivity index (χ2n) is 8.83. The fourth-order valence-corrected chi connectivity index (χ4v) is 3.38. The van der Waals surface area contributed by atoms with Gasteiger partial charge in [-0.25, -0.2) is 9.78 Å². The van der Waals surface area contributed by atoms with E-state index in [1.807, 2.05) is 0 Å². The number of nitrogens with zero attached hydrogens (tertiary/aromatic N) is 4. The number of aromatic hydroxyl groups is 1. The number of hydrogen-bond acceptors (Lipinski definition) is 8. The van der Waals surface area contributed by atoms with E-state index in [2.05, 4.69) is 20.5 Å². The molecule has 0 aliphatic carbocycles. The molecule has 0 bridgehead atoms. The van der Waals surface area contributed by atoms with Crippen LogP contribution in [0.25, 0.3) is 11.3 Å². The summed E-state index contributed by atoms with van der Waals surface area (Å²) < 4.78 is 43.8. The van der Waals surface area contributed by atoms with Crippen LogP contribution in [0.2, 0.25) is 0 Å². The Balaban J connectivity index is 1.68. The minimum atomic E-state index is -4.58. The number of aliphatic hydroxyl groups is 1. The highest BCUT2D eigenvalue weighted by Gasteiger charge is 2.33. The first-order valence-corrected chi connectivity index (χ1v) is 10.3. The molecule has 1 saturated heterocycles. The number of phenols is 1. The number of rotatable bonds is 3. The molecule has 2 heterocycles. The van der Waals surface area contributed by atoms with E-state index in [1.165, 1.54) is 4.90 Å². The van der Waals surface area contributed by atoms with E-state index in [4.69, 9.17) is 4.74 Å². The number of nitrogens with one attached hydrogen (secondary N) is 1. The van der Waals surface area contributed by atoms with Crippen molar-refractivity contribution in [1.82, 2.24) is 20.1 Å². The lowest BCUT2D eigenvalue weighted by Gasteiger charge is -2.36. The van der Waals surface area contributed by atoms with Gasteiger partial charge in [-0.2, -0.15) is 13.2 Å². The summed E-state index contributed by atoms with van der Waals surface area (Å²) in [5, 5.41) is 31.4. The monoisotopic (exact) mass is 469 g/mol. The minimum absolute atomic E-state index is 0.0660. The predicted molar refractivity (Wildman–Crippen MR) is 113 cm³/mol. The van der Waals surface area contributed by atoms with E-state index in [9.17, 15) is 28.2 Å². The highest BCUT2D eigenvalue weighted by Crippen LogP contribution is 2.36. The number of aromatic nitrogens is 3. The highest BCUT2D eigenvalue weighted by molar-refractivity contribution is 5.69. The number of alkyl halides is 3. The molecular weight excluding hydrogens is 443 g/mol. The Morgan fingerprint density at radius 1 is 1.24 bits per heavy atom. The van der Waals surface area contributed by atoms with Crippen molar-refractivity contribution in [2.75, 3.05) is 18.4 Å². The number of aliphatic hydroxyl groups excluding tert-OH is 1. The summed E-state index contributed by atoms with van der Waals surface area (Å²) in [5.41, 5.74) is -1.10. The first-order valence-electron chi connectivity index (χ1n) is 10.3. The van der Waals surface area contributed by atoms with Gasteiger partial charge in [-0.3, -0.25) is 0 Å². The molecular formula is C21H26F3N5O4. The van der Waals surface area contributed by atoms with Crippen molar-refractivity contribution in [3.63, 3.8) is 0 Å². The lowest BCUT2D eigenvalue weighted by atomic mass is 10.0. The van der Waals surface area contributed by atoms with Gasteiger partial charge in [0.05, 0.1) is 29.9 Å². The summed E-state index contributed by atoms with van der Waals surface area (Å²) >= 11 is 0. The van der Waals surface area contributed by atoms with Crippen LogP contribution in [0.1, 0.15) is 38.4 Å². The summed E-state index contributed by atoms with van der Waals surface area (Å²) in [5.74, 6) is -0.480. The number of halogens is 3. The summed E-state index contributed by atoms with van der Waals surface area (Å²) in [7, 11) is 0. The van der Waals surface area contributed by atoms with Gasteiger partial charge in [0.25, 0.3) is 0 Å². The number of anilines is 1. The summed E-state index contributed by atoms with van der Waals surface area (Å²) in [6.07, 6.45) is -5.59. The van der Waals surface area contributed by atoms with Crippen molar-refractivity contribution in [1.29, 1.82) is 0 Å². The van der Waals surface area contributed by atoms with Crippen LogP contribution in [0.3, 0.4) is 0 Å². The quantitative estimate of drug-likeness (QED) is 0.626. The smallest absolute Gasteiger partial charge is 0.416 e. The van der Waals surface area contributed by atoms with E-state index in [-0.39, 0.29) is 23.8 Å². The minimum Gasteiger partial charge on any atom is -0.507 e. The Morgan fingerprint density at radius 3 is 2.48 bits per heavy atom. The van der Waals surface area contributed by atoms with E-state index in [0.717, 1.165) is 12.1 Å². The number of benzene rings is 1. The number of ether oxygens (including phenoxy) is 1. The van der Waals surface area contributed by atoms with Crippen molar-refractivity contribution in [3.05, 3.63) is 29.5 Å². The lowest BCUT2D eigenvalue weighted by Crippen LogP contribution is -2.52. The van der Waals surface area contributed by atoms with Gasteiger partial charge in [-0.1, -0.05) is 0 Å². The Labute approximate surface area is 188 Å². The number of carbonyl (C=O) groups excluding carboxylic acids is 1. The predicted octanol–water partition coefficient (Wildman–Crippen LogP) is 3.35. The van der Waals surface area contributed by atoms with Crippen molar-refractivity contribution >= 4 is 12.0 Å². The summed E-state index contributed by atoms with van der Waals surface area (Å²) in [6.45, 7) is 7.28. The molecule has 0 unspecified atom stereocenters. The molecule has 1 aromatic heterocycles. The first kappa shape index (κ1) is 24.5. The molecule has 180 valence electrons. The molecule has 3 rings (SSSR count). The molecule has 2 aromatic rings. The number of carbonyl (C=O) groups is 1. The number of piperidine rings is 1. The number of aryl methyl sites for hydroxylation is 1. The van der Waals surface area contributed by atoms with Crippen molar-refractivity contribution in [3.8, 4) is 17.0 Å². The van der Waals surface area contributed by atoms with Gasteiger partial charge in [0.15, 0.2) is 0 Å². The maximum atomic E-state index is 12.8. The van der Waals surface area contributed by atoms with Crippen LogP contribution in [0.5, 0.6) is 5.75 Å². The number of phenolic OH excluding ortho intramolecular Hbond substituents is 1. The molecule has 0 spiro atoms. The van der Waals surface area contributed by atoms with Crippen LogP contribution in [0.15, 0.2) is 18.2 Å². The summed E-state index contributed by atoms with van der Waals surface area (Å²) in [4.78, 5) is 17.9. The molecule has 33 heavy (non-hydrogen) atoms. The lowest BCUT2D eigenvalue weighted by molar-refractivity contribution is -0.137.